The molecule has 0 aliphatic heterocycles. The number of rotatable bonds is 4. The van der Waals surface area contributed by atoms with Crippen LogP contribution in [0.1, 0.15) is 11.1 Å². The van der Waals surface area contributed by atoms with Gasteiger partial charge in [-0.15, -0.1) is 11.3 Å². The zero-order valence-corrected chi connectivity index (χ0v) is 15.8. The van der Waals surface area contributed by atoms with Gasteiger partial charge in [-0.05, 0) is 58.8 Å². The van der Waals surface area contributed by atoms with Crippen molar-refractivity contribution in [1.29, 1.82) is 0 Å². The highest BCUT2D eigenvalue weighted by molar-refractivity contribution is 7.17. The minimum atomic E-state index is -0.351. The molecule has 0 fully saturated rings. The number of thiophene rings is 1. The van der Waals surface area contributed by atoms with E-state index < -0.39 is 0 Å². The Bertz CT molecular complexity index is 1230. The summed E-state index contributed by atoms with van der Waals surface area (Å²) in [4.78, 5) is 15.2. The van der Waals surface area contributed by atoms with Gasteiger partial charge in [0.1, 0.15) is 10.5 Å². The number of H-pyrrole nitrogens is 1. The molecule has 2 heterocycles. The van der Waals surface area contributed by atoms with Crippen LogP contribution in [0.15, 0.2) is 40.5 Å². The van der Waals surface area contributed by atoms with Gasteiger partial charge >= 0.3 is 0 Å². The van der Waals surface area contributed by atoms with Crippen LogP contribution in [0, 0.1) is 5.82 Å². The molecule has 4 N–H and O–H groups in total. The van der Waals surface area contributed by atoms with Crippen LogP contribution >= 0.6 is 22.9 Å². The molecule has 2 aromatic carbocycles. The van der Waals surface area contributed by atoms with Gasteiger partial charge in [0.2, 0.25) is 0 Å². The fourth-order valence-electron chi connectivity index (χ4n) is 3.46. The van der Waals surface area contributed by atoms with E-state index >= 15 is 0 Å². The van der Waals surface area contributed by atoms with Gasteiger partial charge in [-0.2, -0.15) is 0 Å². The van der Waals surface area contributed by atoms with E-state index in [2.05, 4.69) is 4.98 Å². The fourth-order valence-corrected chi connectivity index (χ4v) is 4.53. The summed E-state index contributed by atoms with van der Waals surface area (Å²) in [6.45, 7) is 0.0979. The minimum absolute atomic E-state index is 0.221. The van der Waals surface area contributed by atoms with E-state index in [0.29, 0.717) is 55.8 Å². The van der Waals surface area contributed by atoms with Crippen molar-refractivity contribution in [3.05, 3.63) is 68.0 Å². The fraction of sp³-hybridized carbons (Fsp3) is 0.150. The number of aliphatic hydroxyl groups is 1. The van der Waals surface area contributed by atoms with E-state index in [0.717, 1.165) is 5.39 Å². The summed E-state index contributed by atoms with van der Waals surface area (Å²) in [6, 6.07) is 8.40. The highest BCUT2D eigenvalue weighted by Gasteiger charge is 2.18. The van der Waals surface area contributed by atoms with Crippen LogP contribution in [0.4, 0.5) is 4.39 Å². The number of hydrogen-bond donors (Lipinski definition) is 3. The van der Waals surface area contributed by atoms with E-state index in [1.165, 1.54) is 17.4 Å². The molecule has 0 spiro atoms. The molecule has 7 heteroatoms. The number of aromatic nitrogens is 1. The van der Waals surface area contributed by atoms with E-state index in [1.807, 2.05) is 11.4 Å². The van der Waals surface area contributed by atoms with Crippen LogP contribution in [-0.2, 0) is 13.0 Å². The topological polar surface area (TPSA) is 79.1 Å². The van der Waals surface area contributed by atoms with Crippen LogP contribution in [0.25, 0.3) is 32.1 Å². The molecule has 0 saturated heterocycles. The second-order valence-electron chi connectivity index (χ2n) is 6.26. The second kappa shape index (κ2) is 7.05. The lowest BCUT2D eigenvalue weighted by atomic mass is 9.92. The zero-order chi connectivity index (χ0) is 19.1. The Kier molecular flexibility index (Phi) is 4.74. The summed E-state index contributed by atoms with van der Waals surface area (Å²) in [5.41, 5.74) is 8.17. The molecular weight excluding hydrogens is 387 g/mol. The molecule has 27 heavy (non-hydrogen) atoms. The number of pyridine rings is 1. The Morgan fingerprint density at radius 1 is 1.22 bits per heavy atom. The normalized spacial score (nSPS) is 11.6. The summed E-state index contributed by atoms with van der Waals surface area (Å²) < 4.78 is 15.1. The van der Waals surface area contributed by atoms with Gasteiger partial charge in [0.25, 0.3) is 5.56 Å². The van der Waals surface area contributed by atoms with E-state index in [4.69, 9.17) is 17.3 Å². The van der Waals surface area contributed by atoms with Crippen LogP contribution in [0.3, 0.4) is 0 Å². The van der Waals surface area contributed by atoms with Crippen LogP contribution < -0.4 is 11.3 Å². The molecule has 0 aliphatic rings. The van der Waals surface area contributed by atoms with Gasteiger partial charge in [-0.25, -0.2) is 4.39 Å². The van der Waals surface area contributed by atoms with E-state index in [1.54, 1.807) is 18.2 Å². The van der Waals surface area contributed by atoms with Crippen LogP contribution in [0.5, 0.6) is 0 Å². The maximum Gasteiger partial charge on any atom is 0.266 e. The third kappa shape index (κ3) is 2.95. The Morgan fingerprint density at radius 2 is 2.04 bits per heavy atom. The molecule has 0 bridgehead atoms. The highest BCUT2D eigenvalue weighted by Crippen LogP contribution is 2.40. The number of benzene rings is 2. The first-order valence-corrected chi connectivity index (χ1v) is 9.65. The van der Waals surface area contributed by atoms with Gasteiger partial charge < -0.3 is 15.8 Å². The van der Waals surface area contributed by atoms with Crippen molar-refractivity contribution in [2.45, 2.75) is 13.0 Å². The van der Waals surface area contributed by atoms with Gasteiger partial charge in [0.15, 0.2) is 0 Å². The average molecular weight is 403 g/mol. The minimum Gasteiger partial charge on any atom is -0.392 e. The predicted octanol–water partition coefficient (Wildman–Crippen LogP) is 4.20. The third-order valence-electron chi connectivity index (χ3n) is 4.67. The lowest BCUT2D eigenvalue weighted by molar-refractivity contribution is 0.282. The largest absolute Gasteiger partial charge is 0.392 e. The van der Waals surface area contributed by atoms with Crippen molar-refractivity contribution in [2.75, 3.05) is 6.54 Å². The lowest BCUT2D eigenvalue weighted by Crippen LogP contribution is -2.07. The van der Waals surface area contributed by atoms with Crippen molar-refractivity contribution in [2.24, 2.45) is 5.73 Å². The number of aliphatic hydroxyl groups excluding tert-OH is 1. The van der Waals surface area contributed by atoms with Gasteiger partial charge in [0, 0.05) is 10.8 Å². The number of hydrogen-bond acceptors (Lipinski definition) is 4. The Hall–Kier alpha value is -2.25. The molecular formula is C20H16ClFN2O2S. The molecule has 0 aliphatic carbocycles. The van der Waals surface area contributed by atoms with Crippen molar-refractivity contribution in [3.8, 4) is 11.1 Å². The molecule has 0 radical (unpaired) electrons. The summed E-state index contributed by atoms with van der Waals surface area (Å²) in [7, 11) is 0. The number of halogens is 2. The Morgan fingerprint density at radius 3 is 2.74 bits per heavy atom. The molecule has 0 amide bonds. The van der Waals surface area contributed by atoms with E-state index in [-0.39, 0.29) is 18.0 Å². The van der Waals surface area contributed by atoms with Gasteiger partial charge in [-0.1, -0.05) is 23.7 Å². The molecule has 4 aromatic rings. The summed E-state index contributed by atoms with van der Waals surface area (Å²) >= 11 is 7.70. The molecule has 138 valence electrons. The first-order valence-electron chi connectivity index (χ1n) is 8.39. The zero-order valence-electron chi connectivity index (χ0n) is 14.2. The number of nitrogens with two attached hydrogens (primary N) is 1. The lowest BCUT2D eigenvalue weighted by Gasteiger charge is -2.15. The summed E-state index contributed by atoms with van der Waals surface area (Å²) in [5, 5.41) is 13.5. The predicted molar refractivity (Wildman–Crippen MR) is 109 cm³/mol. The quantitative estimate of drug-likeness (QED) is 0.478. The maximum absolute atomic E-state index is 14.6. The van der Waals surface area contributed by atoms with E-state index in [9.17, 15) is 14.3 Å². The number of fused-ring (bicyclic) bond motifs is 3. The van der Waals surface area contributed by atoms with Crippen LogP contribution in [0.2, 0.25) is 5.02 Å². The van der Waals surface area contributed by atoms with Crippen molar-refractivity contribution < 1.29 is 9.50 Å². The molecule has 0 atom stereocenters. The Balaban J connectivity index is 2.13. The SMILES string of the molecule is NCCc1ccc(-c2c(CO)cc(Cl)c3[nH]c(=O)c4sccc4c23)cc1F. The second-order valence-corrected chi connectivity index (χ2v) is 7.59. The Labute approximate surface area is 163 Å². The van der Waals surface area contributed by atoms with Crippen molar-refractivity contribution >= 4 is 43.9 Å². The monoisotopic (exact) mass is 402 g/mol. The summed E-state index contributed by atoms with van der Waals surface area (Å²) in [5.74, 6) is -0.351. The number of nitrogens with one attached hydrogen (secondary N) is 1. The molecule has 0 saturated carbocycles. The van der Waals surface area contributed by atoms with Gasteiger partial charge in [-0.3, -0.25) is 4.79 Å². The van der Waals surface area contributed by atoms with Crippen molar-refractivity contribution in [3.63, 3.8) is 0 Å². The molecule has 4 rings (SSSR count). The maximum atomic E-state index is 14.6. The third-order valence-corrected chi connectivity index (χ3v) is 5.88. The first-order chi connectivity index (χ1) is 13.0. The van der Waals surface area contributed by atoms with Gasteiger partial charge in [0.05, 0.1) is 17.1 Å². The van der Waals surface area contributed by atoms with Crippen molar-refractivity contribution in [1.82, 2.24) is 4.98 Å². The average Bonchev–Trinajstić information content (AvgIpc) is 3.15. The highest BCUT2D eigenvalue weighted by atomic mass is 35.5. The standard InChI is InChI=1S/C20H16ClFN2O2S/c21-14-7-12(9-25)16(11-2-1-10(3-5-23)15(22)8-11)17-13-4-6-27-19(13)20(26)24-18(14)17/h1-2,4,6-8,25H,3,5,9,23H2,(H,24,26). The molecule has 2 aromatic heterocycles. The first kappa shape index (κ1) is 18.1. The smallest absolute Gasteiger partial charge is 0.266 e. The number of aromatic amines is 1. The van der Waals surface area contributed by atoms with Crippen LogP contribution in [-0.4, -0.2) is 16.6 Å². The molecule has 4 nitrogen and oxygen atoms in total. The molecule has 0 unspecified atom stereocenters. The summed E-state index contributed by atoms with van der Waals surface area (Å²) in [6.07, 6.45) is 0.447.